The quantitative estimate of drug-likeness (QED) is 0.748. The molecule has 0 radical (unpaired) electrons. The highest BCUT2D eigenvalue weighted by molar-refractivity contribution is 9.10. The second-order valence-corrected chi connectivity index (χ2v) is 7.37. The van der Waals surface area contributed by atoms with Gasteiger partial charge >= 0.3 is 0 Å². The van der Waals surface area contributed by atoms with E-state index in [1.807, 2.05) is 12.4 Å². The van der Waals surface area contributed by atoms with Crippen molar-refractivity contribution in [2.45, 2.75) is 19.5 Å². The molecular weight excluding hydrogens is 408 g/mol. The van der Waals surface area contributed by atoms with Crippen LogP contribution < -0.4 is 0 Å². The van der Waals surface area contributed by atoms with Gasteiger partial charge < -0.3 is 0 Å². The minimum absolute atomic E-state index is 0.900. The third kappa shape index (κ3) is 4.59. The average Bonchev–Trinajstić information content (AvgIpc) is 2.52. The second-order valence-electron chi connectivity index (χ2n) is 5.54. The third-order valence-electron chi connectivity index (χ3n) is 3.70. The third-order valence-corrected chi connectivity index (χ3v) is 4.64. The molecule has 0 N–H and O–H groups in total. The van der Waals surface area contributed by atoms with Gasteiger partial charge in [-0.3, -0.25) is 19.8 Å². The number of aromatic nitrogens is 2. The molecule has 0 saturated carbocycles. The fraction of sp³-hybridized carbons (Fsp3) is 0.375. The van der Waals surface area contributed by atoms with Crippen LogP contribution in [0.1, 0.15) is 17.8 Å². The number of hydrogen-bond acceptors (Lipinski definition) is 4. The normalized spacial score (nSPS) is 16.8. The molecule has 3 rings (SSSR count). The smallest absolute Gasteiger partial charge is 0.0545 e. The van der Waals surface area contributed by atoms with Crippen molar-refractivity contribution >= 4 is 31.9 Å². The zero-order chi connectivity index (χ0) is 15.4. The van der Waals surface area contributed by atoms with E-state index in [4.69, 9.17) is 0 Å². The minimum atomic E-state index is 0.900. The summed E-state index contributed by atoms with van der Waals surface area (Å²) in [6.45, 7) is 5.02. The van der Waals surface area contributed by atoms with Crippen LogP contribution in [0.25, 0.3) is 0 Å². The zero-order valence-electron chi connectivity index (χ0n) is 12.3. The lowest BCUT2D eigenvalue weighted by atomic mass is 10.2. The van der Waals surface area contributed by atoms with Crippen molar-refractivity contribution in [1.29, 1.82) is 0 Å². The number of nitrogens with zero attached hydrogens (tertiary/aromatic N) is 4. The lowest BCUT2D eigenvalue weighted by Gasteiger charge is -2.35. The summed E-state index contributed by atoms with van der Waals surface area (Å²) in [5.41, 5.74) is 2.23. The summed E-state index contributed by atoms with van der Waals surface area (Å²) >= 11 is 6.86. The van der Waals surface area contributed by atoms with Crippen molar-refractivity contribution in [3.05, 3.63) is 57.0 Å². The van der Waals surface area contributed by atoms with Gasteiger partial charge in [-0.25, -0.2) is 0 Å². The van der Waals surface area contributed by atoms with E-state index >= 15 is 0 Å². The lowest BCUT2D eigenvalue weighted by molar-refractivity contribution is 0.0727. The largest absolute Gasteiger partial charge is 0.285 e. The van der Waals surface area contributed by atoms with Crippen LogP contribution in [-0.4, -0.2) is 39.5 Å². The molecule has 0 atom stereocenters. The predicted octanol–water partition coefficient (Wildman–Crippen LogP) is 3.67. The van der Waals surface area contributed by atoms with Crippen LogP contribution >= 0.6 is 31.9 Å². The standard InChI is InChI=1S/C16H18Br2N4/c17-13-2-4-15(19-8-13)10-21-6-1-7-22(12-21)11-16-5-3-14(18)9-20-16/h2-5,8-9H,1,6-7,10-12H2. The van der Waals surface area contributed by atoms with E-state index in [9.17, 15) is 0 Å². The van der Waals surface area contributed by atoms with Crippen LogP contribution in [0.3, 0.4) is 0 Å². The molecule has 1 aliphatic rings. The topological polar surface area (TPSA) is 32.3 Å². The van der Waals surface area contributed by atoms with Crippen LogP contribution in [0.15, 0.2) is 45.6 Å². The van der Waals surface area contributed by atoms with Crippen LogP contribution in [0, 0.1) is 0 Å². The Bertz CT molecular complexity index is 547. The summed E-state index contributed by atoms with van der Waals surface area (Å²) in [7, 11) is 0. The molecule has 0 amide bonds. The fourth-order valence-corrected chi connectivity index (χ4v) is 3.13. The Morgan fingerprint density at radius 2 is 1.32 bits per heavy atom. The first-order chi connectivity index (χ1) is 10.7. The highest BCUT2D eigenvalue weighted by Crippen LogP contribution is 2.15. The maximum Gasteiger partial charge on any atom is 0.0545 e. The molecule has 0 aliphatic carbocycles. The molecule has 1 fully saturated rings. The molecule has 1 saturated heterocycles. The van der Waals surface area contributed by atoms with Gasteiger partial charge in [-0.15, -0.1) is 0 Å². The first-order valence-electron chi connectivity index (χ1n) is 7.34. The van der Waals surface area contributed by atoms with E-state index in [0.717, 1.165) is 53.2 Å². The van der Waals surface area contributed by atoms with Gasteiger partial charge in [0.25, 0.3) is 0 Å². The summed E-state index contributed by atoms with van der Waals surface area (Å²) in [5.74, 6) is 0. The van der Waals surface area contributed by atoms with Gasteiger partial charge in [-0.1, -0.05) is 0 Å². The van der Waals surface area contributed by atoms with Crippen LogP contribution in [0.4, 0.5) is 0 Å². The molecule has 0 unspecified atom stereocenters. The van der Waals surface area contributed by atoms with Gasteiger partial charge in [0, 0.05) is 47.5 Å². The van der Waals surface area contributed by atoms with E-state index in [0.29, 0.717) is 0 Å². The summed E-state index contributed by atoms with van der Waals surface area (Å²) in [5, 5.41) is 0. The van der Waals surface area contributed by atoms with Gasteiger partial charge in [0.15, 0.2) is 0 Å². The second kappa shape index (κ2) is 7.64. The predicted molar refractivity (Wildman–Crippen MR) is 94.2 cm³/mol. The van der Waals surface area contributed by atoms with Crippen LogP contribution in [-0.2, 0) is 13.1 Å². The summed E-state index contributed by atoms with van der Waals surface area (Å²) < 4.78 is 2.05. The van der Waals surface area contributed by atoms with E-state index < -0.39 is 0 Å². The highest BCUT2D eigenvalue weighted by Gasteiger charge is 2.18. The molecule has 3 heterocycles. The summed E-state index contributed by atoms with van der Waals surface area (Å²) in [6.07, 6.45) is 4.92. The minimum Gasteiger partial charge on any atom is -0.285 e. The summed E-state index contributed by atoms with van der Waals surface area (Å²) in [4.78, 5) is 13.8. The molecule has 0 spiro atoms. The van der Waals surface area contributed by atoms with Gasteiger partial charge in [-0.2, -0.15) is 0 Å². The number of hydrogen-bond donors (Lipinski definition) is 0. The molecule has 0 aromatic carbocycles. The molecule has 0 bridgehead atoms. The molecule has 4 nitrogen and oxygen atoms in total. The average molecular weight is 426 g/mol. The van der Waals surface area contributed by atoms with Crippen LogP contribution in [0.2, 0.25) is 0 Å². The fourth-order valence-electron chi connectivity index (χ4n) is 2.66. The number of halogens is 2. The van der Waals surface area contributed by atoms with Gasteiger partial charge in [0.2, 0.25) is 0 Å². The first kappa shape index (κ1) is 16.1. The molecule has 2 aromatic heterocycles. The van der Waals surface area contributed by atoms with E-state index in [2.05, 4.69) is 75.9 Å². The van der Waals surface area contributed by atoms with Crippen molar-refractivity contribution in [2.24, 2.45) is 0 Å². The Morgan fingerprint density at radius 3 is 1.73 bits per heavy atom. The Kier molecular flexibility index (Phi) is 5.57. The van der Waals surface area contributed by atoms with Gasteiger partial charge in [-0.05, 0) is 62.5 Å². The molecular formula is C16H18Br2N4. The Hall–Kier alpha value is -0.820. The van der Waals surface area contributed by atoms with E-state index in [-0.39, 0.29) is 0 Å². The van der Waals surface area contributed by atoms with E-state index in [1.54, 1.807) is 0 Å². The molecule has 1 aliphatic heterocycles. The molecule has 116 valence electrons. The van der Waals surface area contributed by atoms with Crippen molar-refractivity contribution in [1.82, 2.24) is 19.8 Å². The van der Waals surface area contributed by atoms with Gasteiger partial charge in [0.05, 0.1) is 18.1 Å². The monoisotopic (exact) mass is 424 g/mol. The van der Waals surface area contributed by atoms with Crippen molar-refractivity contribution in [3.63, 3.8) is 0 Å². The Balaban J connectivity index is 1.56. The molecule has 6 heteroatoms. The van der Waals surface area contributed by atoms with Crippen molar-refractivity contribution < 1.29 is 0 Å². The Morgan fingerprint density at radius 1 is 0.818 bits per heavy atom. The van der Waals surface area contributed by atoms with Gasteiger partial charge in [0.1, 0.15) is 0 Å². The first-order valence-corrected chi connectivity index (χ1v) is 8.93. The lowest BCUT2D eigenvalue weighted by Crippen LogP contribution is -2.44. The number of rotatable bonds is 4. The molecule has 22 heavy (non-hydrogen) atoms. The maximum atomic E-state index is 4.47. The highest BCUT2D eigenvalue weighted by atomic mass is 79.9. The van der Waals surface area contributed by atoms with Crippen LogP contribution in [0.5, 0.6) is 0 Å². The van der Waals surface area contributed by atoms with Crippen molar-refractivity contribution in [2.75, 3.05) is 19.8 Å². The maximum absolute atomic E-state index is 4.47. The summed E-state index contributed by atoms with van der Waals surface area (Å²) in [6, 6.07) is 8.27. The molecule has 2 aromatic rings. The van der Waals surface area contributed by atoms with E-state index in [1.165, 1.54) is 6.42 Å². The zero-order valence-corrected chi connectivity index (χ0v) is 15.4. The van der Waals surface area contributed by atoms with Crippen molar-refractivity contribution in [3.8, 4) is 0 Å². The Labute approximate surface area is 147 Å². The number of pyridine rings is 2. The SMILES string of the molecule is Brc1ccc(CN2CCCN(Cc3ccc(Br)cn3)C2)nc1.